The number of rotatable bonds is 4. The van der Waals surface area contributed by atoms with Crippen molar-refractivity contribution in [3.8, 4) is 0 Å². The maximum atomic E-state index is 9.83. The summed E-state index contributed by atoms with van der Waals surface area (Å²) in [5.74, 6) is 0. The van der Waals surface area contributed by atoms with Gasteiger partial charge in [-0.25, -0.2) is 4.98 Å². The molecule has 3 N–H and O–H groups in total. The highest BCUT2D eigenvalue weighted by molar-refractivity contribution is 5.75. The quantitative estimate of drug-likeness (QED) is 0.419. The van der Waals surface area contributed by atoms with E-state index in [0.29, 0.717) is 11.2 Å². The first-order valence-corrected chi connectivity index (χ1v) is 5.02. The number of hydrogen-bond donors (Lipinski definition) is 3. The summed E-state index contributed by atoms with van der Waals surface area (Å²) in [5, 5.41) is 23.5. The van der Waals surface area contributed by atoms with Crippen molar-refractivity contribution >= 4 is 11.0 Å². The van der Waals surface area contributed by atoms with Crippen LogP contribution >= 0.6 is 0 Å². The van der Waals surface area contributed by atoms with Crippen LogP contribution in [-0.4, -0.2) is 32.8 Å². The molecule has 7 nitrogen and oxygen atoms in total. The van der Waals surface area contributed by atoms with Gasteiger partial charge in [0, 0.05) is 28.3 Å². The molecular formula is C10H11N5O2. The minimum Gasteiger partial charge on any atom is -0.390 e. The van der Waals surface area contributed by atoms with Crippen molar-refractivity contribution in [2.45, 2.75) is 12.2 Å². The summed E-state index contributed by atoms with van der Waals surface area (Å²) in [6.45, 7) is -0.178. The Bertz CT molecular complexity index is 561. The Morgan fingerprint density at radius 1 is 1.53 bits per heavy atom. The molecular weight excluding hydrogens is 222 g/mol. The minimum absolute atomic E-state index is 0.178. The van der Waals surface area contributed by atoms with E-state index in [9.17, 15) is 10.2 Å². The molecule has 2 unspecified atom stereocenters. The lowest BCUT2D eigenvalue weighted by atomic mass is 10.1. The first-order chi connectivity index (χ1) is 8.22. The van der Waals surface area contributed by atoms with Crippen molar-refractivity contribution < 1.29 is 10.2 Å². The Hall–Kier alpha value is -2.08. The van der Waals surface area contributed by atoms with E-state index in [1.807, 2.05) is 6.07 Å². The molecule has 0 saturated carbocycles. The van der Waals surface area contributed by atoms with Crippen molar-refractivity contribution in [1.29, 1.82) is 0 Å². The molecule has 2 atom stereocenters. The average Bonchev–Trinajstić information content (AvgIpc) is 2.81. The highest BCUT2D eigenvalue weighted by atomic mass is 16.3. The fourth-order valence-electron chi connectivity index (χ4n) is 1.56. The molecule has 0 radical (unpaired) electrons. The van der Waals surface area contributed by atoms with E-state index >= 15 is 0 Å². The van der Waals surface area contributed by atoms with Gasteiger partial charge in [-0.1, -0.05) is 5.11 Å². The summed E-state index contributed by atoms with van der Waals surface area (Å²) in [6.07, 6.45) is 0.962. The van der Waals surface area contributed by atoms with Crippen LogP contribution < -0.4 is 0 Å². The zero-order valence-electron chi connectivity index (χ0n) is 8.85. The summed E-state index contributed by atoms with van der Waals surface area (Å²) in [5.41, 5.74) is 9.33. The van der Waals surface area contributed by atoms with Gasteiger partial charge in [-0.2, -0.15) is 0 Å². The van der Waals surface area contributed by atoms with Gasteiger partial charge < -0.3 is 15.2 Å². The Labute approximate surface area is 96.4 Å². The van der Waals surface area contributed by atoms with Gasteiger partial charge in [-0.3, -0.25) is 0 Å². The van der Waals surface area contributed by atoms with Crippen molar-refractivity contribution in [2.24, 2.45) is 5.11 Å². The molecule has 2 heterocycles. The second kappa shape index (κ2) is 4.84. The van der Waals surface area contributed by atoms with Crippen molar-refractivity contribution in [1.82, 2.24) is 9.97 Å². The van der Waals surface area contributed by atoms with Crippen LogP contribution in [0, 0.1) is 0 Å². The second-order valence-electron chi connectivity index (χ2n) is 3.61. The predicted molar refractivity (Wildman–Crippen MR) is 61.1 cm³/mol. The molecule has 2 aromatic rings. The van der Waals surface area contributed by atoms with E-state index in [4.69, 9.17) is 5.53 Å². The third-order valence-corrected chi connectivity index (χ3v) is 2.46. The monoisotopic (exact) mass is 233 g/mol. The molecule has 2 rings (SSSR count). The number of aliphatic hydroxyl groups excluding tert-OH is 2. The molecule has 7 heteroatoms. The lowest BCUT2D eigenvalue weighted by Crippen LogP contribution is -2.21. The van der Waals surface area contributed by atoms with Crippen LogP contribution in [0.1, 0.15) is 11.7 Å². The number of aromatic nitrogens is 2. The molecule has 0 fully saturated rings. The maximum Gasteiger partial charge on any atom is 0.137 e. The molecule has 17 heavy (non-hydrogen) atoms. The number of aromatic amines is 1. The number of pyridine rings is 1. The molecule has 0 spiro atoms. The van der Waals surface area contributed by atoms with Crippen LogP contribution in [0.2, 0.25) is 0 Å². The second-order valence-corrected chi connectivity index (χ2v) is 3.61. The molecule has 0 aliphatic carbocycles. The van der Waals surface area contributed by atoms with Gasteiger partial charge >= 0.3 is 0 Å². The molecule has 0 aliphatic heterocycles. The molecule has 2 aromatic heterocycles. The fourth-order valence-corrected chi connectivity index (χ4v) is 1.56. The highest BCUT2D eigenvalue weighted by Gasteiger charge is 2.18. The lowest BCUT2D eigenvalue weighted by molar-refractivity contribution is 0.0243. The number of nitrogens with zero attached hydrogens (tertiary/aromatic N) is 4. The number of nitrogens with one attached hydrogen (secondary N) is 1. The van der Waals surface area contributed by atoms with Crippen molar-refractivity contribution in [2.75, 3.05) is 6.54 Å². The van der Waals surface area contributed by atoms with Gasteiger partial charge in [0.05, 0.1) is 12.6 Å². The van der Waals surface area contributed by atoms with E-state index in [0.717, 1.165) is 5.39 Å². The van der Waals surface area contributed by atoms with Gasteiger partial charge in [0.2, 0.25) is 0 Å². The third kappa shape index (κ3) is 2.36. The SMILES string of the molecule is [N-]=[N+]=NCC(O)C(O)c1cnc2[nH]ccc2c1. The van der Waals surface area contributed by atoms with E-state index in [-0.39, 0.29) is 6.54 Å². The topological polar surface area (TPSA) is 118 Å². The third-order valence-electron chi connectivity index (χ3n) is 2.46. The van der Waals surface area contributed by atoms with Gasteiger partial charge in [0.15, 0.2) is 0 Å². The Balaban J connectivity index is 2.22. The maximum absolute atomic E-state index is 9.83. The number of fused-ring (bicyclic) bond motifs is 1. The van der Waals surface area contributed by atoms with E-state index in [1.54, 1.807) is 12.3 Å². The van der Waals surface area contributed by atoms with Gasteiger partial charge in [-0.15, -0.1) is 0 Å². The number of azide groups is 1. The largest absolute Gasteiger partial charge is 0.390 e. The number of hydrogen-bond acceptors (Lipinski definition) is 4. The van der Waals surface area contributed by atoms with Crippen LogP contribution in [0.4, 0.5) is 0 Å². The van der Waals surface area contributed by atoms with Gasteiger partial charge in [-0.05, 0) is 17.7 Å². The molecule has 0 amide bonds. The first-order valence-electron chi connectivity index (χ1n) is 5.02. The Morgan fingerprint density at radius 2 is 2.35 bits per heavy atom. The van der Waals surface area contributed by atoms with Crippen LogP contribution in [0.25, 0.3) is 21.5 Å². The first kappa shape index (κ1) is 11.4. The zero-order chi connectivity index (χ0) is 12.3. The summed E-state index contributed by atoms with van der Waals surface area (Å²) in [6, 6.07) is 3.54. The number of aliphatic hydroxyl groups is 2. The summed E-state index contributed by atoms with van der Waals surface area (Å²) < 4.78 is 0. The predicted octanol–water partition coefficient (Wildman–Crippen LogP) is 1.27. The van der Waals surface area contributed by atoms with Gasteiger partial charge in [0.1, 0.15) is 11.8 Å². The van der Waals surface area contributed by atoms with Crippen molar-refractivity contribution in [3.63, 3.8) is 0 Å². The standard InChI is InChI=1S/C10H11N5O2/c11-15-14-5-8(16)9(17)7-3-6-1-2-12-10(6)13-4-7/h1-4,8-9,16-17H,5H2,(H,12,13). The zero-order valence-corrected chi connectivity index (χ0v) is 8.85. The minimum atomic E-state index is -1.14. The Morgan fingerprint density at radius 3 is 3.12 bits per heavy atom. The number of H-pyrrole nitrogens is 1. The summed E-state index contributed by atoms with van der Waals surface area (Å²) >= 11 is 0. The normalized spacial score (nSPS) is 14.2. The average molecular weight is 233 g/mol. The smallest absolute Gasteiger partial charge is 0.137 e. The molecule has 0 aliphatic rings. The van der Waals surface area contributed by atoms with Crippen LogP contribution in [0.5, 0.6) is 0 Å². The highest BCUT2D eigenvalue weighted by Crippen LogP contribution is 2.20. The van der Waals surface area contributed by atoms with E-state index in [1.165, 1.54) is 6.20 Å². The molecule has 88 valence electrons. The van der Waals surface area contributed by atoms with Gasteiger partial charge in [0.25, 0.3) is 0 Å². The fraction of sp³-hybridized carbons (Fsp3) is 0.300. The lowest BCUT2D eigenvalue weighted by Gasteiger charge is -2.15. The summed E-state index contributed by atoms with van der Waals surface area (Å²) in [4.78, 5) is 9.55. The van der Waals surface area contributed by atoms with E-state index < -0.39 is 12.2 Å². The van der Waals surface area contributed by atoms with Crippen LogP contribution in [0.15, 0.2) is 29.6 Å². The molecule has 0 aromatic carbocycles. The van der Waals surface area contributed by atoms with Crippen LogP contribution in [0.3, 0.4) is 0 Å². The summed E-state index contributed by atoms with van der Waals surface area (Å²) in [7, 11) is 0. The van der Waals surface area contributed by atoms with Crippen LogP contribution in [-0.2, 0) is 0 Å². The molecule has 0 bridgehead atoms. The Kier molecular flexibility index (Phi) is 3.24. The molecule has 0 saturated heterocycles. The van der Waals surface area contributed by atoms with Crippen molar-refractivity contribution in [3.05, 3.63) is 40.5 Å². The van der Waals surface area contributed by atoms with E-state index in [2.05, 4.69) is 20.0 Å².